The summed E-state index contributed by atoms with van der Waals surface area (Å²) < 4.78 is 4.97. The molecule has 0 saturated heterocycles. The van der Waals surface area contributed by atoms with Crippen LogP contribution in [0.25, 0.3) is 0 Å². The lowest BCUT2D eigenvalue weighted by Crippen LogP contribution is -2.20. The molecule has 4 nitrogen and oxygen atoms in total. The lowest BCUT2D eigenvalue weighted by atomic mass is 10.0. The van der Waals surface area contributed by atoms with Gasteiger partial charge in [-0.1, -0.05) is 95.9 Å². The summed E-state index contributed by atoms with van der Waals surface area (Å²) in [5.74, 6) is -2.05. The standard InChI is InChI=1S/C23H40O4/c1-3-5-6-7-8-9-10-11-12-13-14-15-16-17-18-21(20-22(24)25)23(26)27-19-4-2/h4,16-17,21H,2-3,5-15,18-20H2,1H3,(H,24,25)/b17-16+. The lowest BCUT2D eigenvalue weighted by Gasteiger charge is -2.11. The van der Waals surface area contributed by atoms with Crippen LogP contribution < -0.4 is 0 Å². The first-order chi connectivity index (χ1) is 13.1. The molecule has 0 aliphatic heterocycles. The summed E-state index contributed by atoms with van der Waals surface area (Å²) in [5, 5.41) is 8.92. The number of carboxylic acid groups (broad SMARTS) is 1. The fourth-order valence-electron chi connectivity index (χ4n) is 3.04. The molecule has 0 aromatic heterocycles. The van der Waals surface area contributed by atoms with Gasteiger partial charge in [-0.2, -0.15) is 0 Å². The Bertz CT molecular complexity index is 415. The third-order valence-electron chi connectivity index (χ3n) is 4.66. The predicted octanol–water partition coefficient (Wildman–Crippen LogP) is 6.45. The van der Waals surface area contributed by atoms with Crippen LogP contribution in [0, 0.1) is 5.92 Å². The Morgan fingerprint density at radius 3 is 2.00 bits per heavy atom. The highest BCUT2D eigenvalue weighted by atomic mass is 16.5. The highest BCUT2D eigenvalue weighted by molar-refractivity contribution is 5.79. The molecule has 0 rings (SSSR count). The Morgan fingerprint density at radius 2 is 1.48 bits per heavy atom. The smallest absolute Gasteiger partial charge is 0.310 e. The van der Waals surface area contributed by atoms with Crippen molar-refractivity contribution in [1.82, 2.24) is 0 Å². The molecule has 4 heteroatoms. The second-order valence-corrected chi connectivity index (χ2v) is 7.24. The maximum Gasteiger partial charge on any atom is 0.310 e. The van der Waals surface area contributed by atoms with Gasteiger partial charge in [-0.3, -0.25) is 9.59 Å². The minimum Gasteiger partial charge on any atom is -0.481 e. The Hall–Kier alpha value is -1.58. The van der Waals surface area contributed by atoms with Crippen LogP contribution in [-0.4, -0.2) is 23.7 Å². The molecule has 1 N–H and O–H groups in total. The second kappa shape index (κ2) is 19.2. The first-order valence-corrected chi connectivity index (χ1v) is 10.8. The maximum atomic E-state index is 11.8. The van der Waals surface area contributed by atoms with Crippen LogP contribution in [0.15, 0.2) is 24.8 Å². The summed E-state index contributed by atoms with van der Waals surface area (Å²) in [6.07, 6.45) is 21.2. The molecule has 0 amide bonds. The van der Waals surface area contributed by atoms with Crippen molar-refractivity contribution in [2.45, 2.75) is 96.8 Å². The van der Waals surface area contributed by atoms with Crippen molar-refractivity contribution < 1.29 is 19.4 Å². The first kappa shape index (κ1) is 25.4. The van der Waals surface area contributed by atoms with Crippen LogP contribution in [0.4, 0.5) is 0 Å². The van der Waals surface area contributed by atoms with Crippen LogP contribution in [0.5, 0.6) is 0 Å². The maximum absolute atomic E-state index is 11.8. The second-order valence-electron chi connectivity index (χ2n) is 7.24. The number of hydrogen-bond donors (Lipinski definition) is 1. The molecule has 27 heavy (non-hydrogen) atoms. The summed E-state index contributed by atoms with van der Waals surface area (Å²) in [6, 6.07) is 0. The van der Waals surface area contributed by atoms with Crippen molar-refractivity contribution in [2.75, 3.05) is 6.61 Å². The number of carbonyl (C=O) groups is 2. The van der Waals surface area contributed by atoms with Gasteiger partial charge in [-0.15, -0.1) is 0 Å². The molecule has 0 heterocycles. The number of ether oxygens (including phenoxy) is 1. The molecule has 0 aliphatic rings. The van der Waals surface area contributed by atoms with Gasteiger partial charge < -0.3 is 9.84 Å². The van der Waals surface area contributed by atoms with Crippen molar-refractivity contribution in [1.29, 1.82) is 0 Å². The van der Waals surface area contributed by atoms with Crippen LogP contribution >= 0.6 is 0 Å². The molecule has 0 aromatic rings. The normalized spacial score (nSPS) is 12.2. The topological polar surface area (TPSA) is 63.6 Å². The van der Waals surface area contributed by atoms with E-state index in [0.717, 1.165) is 12.8 Å². The lowest BCUT2D eigenvalue weighted by molar-refractivity contribution is -0.152. The van der Waals surface area contributed by atoms with E-state index in [1.165, 1.54) is 70.3 Å². The van der Waals surface area contributed by atoms with Gasteiger partial charge in [0.1, 0.15) is 6.61 Å². The van der Waals surface area contributed by atoms with E-state index in [1.54, 1.807) is 0 Å². The summed E-state index contributed by atoms with van der Waals surface area (Å²) in [7, 11) is 0. The largest absolute Gasteiger partial charge is 0.481 e. The predicted molar refractivity (Wildman–Crippen MR) is 112 cm³/mol. The van der Waals surface area contributed by atoms with Gasteiger partial charge in [-0.25, -0.2) is 0 Å². The molecule has 1 atom stereocenters. The number of aliphatic carboxylic acids is 1. The molecule has 0 aromatic carbocycles. The number of carbonyl (C=O) groups excluding carboxylic acids is 1. The molecule has 0 spiro atoms. The highest BCUT2D eigenvalue weighted by Gasteiger charge is 2.21. The zero-order valence-corrected chi connectivity index (χ0v) is 17.3. The third-order valence-corrected chi connectivity index (χ3v) is 4.66. The van der Waals surface area contributed by atoms with Gasteiger partial charge in [0, 0.05) is 0 Å². The average molecular weight is 381 g/mol. The number of hydrogen-bond acceptors (Lipinski definition) is 3. The number of allylic oxidation sites excluding steroid dienone is 2. The first-order valence-electron chi connectivity index (χ1n) is 10.8. The van der Waals surface area contributed by atoms with E-state index in [-0.39, 0.29) is 13.0 Å². The number of esters is 1. The van der Waals surface area contributed by atoms with Gasteiger partial charge in [0.05, 0.1) is 12.3 Å². The van der Waals surface area contributed by atoms with Crippen LogP contribution in [0.3, 0.4) is 0 Å². The molecular weight excluding hydrogens is 340 g/mol. The molecule has 0 bridgehead atoms. The Balaban J connectivity index is 3.68. The highest BCUT2D eigenvalue weighted by Crippen LogP contribution is 2.14. The summed E-state index contributed by atoms with van der Waals surface area (Å²) in [4.78, 5) is 22.7. The van der Waals surface area contributed by atoms with E-state index in [1.807, 2.05) is 6.08 Å². The summed E-state index contributed by atoms with van der Waals surface area (Å²) >= 11 is 0. The number of rotatable bonds is 19. The average Bonchev–Trinajstić information content (AvgIpc) is 2.65. The molecule has 0 aliphatic carbocycles. The summed E-state index contributed by atoms with van der Waals surface area (Å²) in [5.41, 5.74) is 0. The Kier molecular flexibility index (Phi) is 18.1. The van der Waals surface area contributed by atoms with E-state index < -0.39 is 17.9 Å². The van der Waals surface area contributed by atoms with E-state index in [2.05, 4.69) is 19.6 Å². The van der Waals surface area contributed by atoms with E-state index in [4.69, 9.17) is 9.84 Å². The minimum atomic E-state index is -0.977. The van der Waals surface area contributed by atoms with Gasteiger partial charge in [0.15, 0.2) is 0 Å². The quantitative estimate of drug-likeness (QED) is 0.159. The van der Waals surface area contributed by atoms with E-state index in [9.17, 15) is 9.59 Å². The van der Waals surface area contributed by atoms with Gasteiger partial charge in [-0.05, 0) is 19.3 Å². The molecule has 156 valence electrons. The number of carboxylic acids is 1. The zero-order valence-electron chi connectivity index (χ0n) is 17.3. The SMILES string of the molecule is C=CCOC(=O)C(C/C=C/CCCCCCCCCCCCC)CC(=O)O. The molecule has 1 unspecified atom stereocenters. The fourth-order valence-corrected chi connectivity index (χ4v) is 3.04. The van der Waals surface area contributed by atoms with Gasteiger partial charge >= 0.3 is 11.9 Å². The summed E-state index contributed by atoms with van der Waals surface area (Å²) in [6.45, 7) is 5.86. The minimum absolute atomic E-state index is 0.122. The van der Waals surface area contributed by atoms with Crippen LogP contribution in [-0.2, 0) is 14.3 Å². The molecule has 0 radical (unpaired) electrons. The molecule has 0 saturated carbocycles. The monoisotopic (exact) mass is 380 g/mol. The molecule has 0 fully saturated rings. The van der Waals surface area contributed by atoms with Crippen molar-refractivity contribution in [3.8, 4) is 0 Å². The van der Waals surface area contributed by atoms with E-state index >= 15 is 0 Å². The third kappa shape index (κ3) is 17.6. The number of unbranched alkanes of at least 4 members (excludes halogenated alkanes) is 11. The van der Waals surface area contributed by atoms with Crippen molar-refractivity contribution in [2.24, 2.45) is 5.92 Å². The molecular formula is C23H40O4. The zero-order chi connectivity index (χ0) is 20.2. The van der Waals surface area contributed by atoms with Crippen molar-refractivity contribution in [3.05, 3.63) is 24.8 Å². The van der Waals surface area contributed by atoms with E-state index in [0.29, 0.717) is 6.42 Å². The fraction of sp³-hybridized carbons (Fsp3) is 0.739. The van der Waals surface area contributed by atoms with Crippen LogP contribution in [0.2, 0.25) is 0 Å². The Morgan fingerprint density at radius 1 is 0.926 bits per heavy atom. The van der Waals surface area contributed by atoms with Crippen LogP contribution in [0.1, 0.15) is 96.8 Å². The van der Waals surface area contributed by atoms with Crippen molar-refractivity contribution >= 4 is 11.9 Å². The Labute approximate surface area is 166 Å². The van der Waals surface area contributed by atoms with Crippen molar-refractivity contribution in [3.63, 3.8) is 0 Å². The van der Waals surface area contributed by atoms with Gasteiger partial charge in [0.2, 0.25) is 0 Å². The van der Waals surface area contributed by atoms with Gasteiger partial charge in [0.25, 0.3) is 0 Å².